The summed E-state index contributed by atoms with van der Waals surface area (Å²) in [5.41, 5.74) is 2.16. The molecule has 3 rings (SSSR count). The molecule has 1 fully saturated rings. The van der Waals surface area contributed by atoms with Gasteiger partial charge >= 0.3 is 0 Å². The predicted molar refractivity (Wildman–Crippen MR) is 94.0 cm³/mol. The first-order valence-electron chi connectivity index (χ1n) is 7.98. The maximum atomic E-state index is 6.44. The number of hydrogen-bond donors (Lipinski definition) is 1. The molecular formula is C18H22ClN3O. The van der Waals surface area contributed by atoms with E-state index in [0.717, 1.165) is 54.9 Å². The van der Waals surface area contributed by atoms with Crippen LogP contribution in [0.3, 0.4) is 0 Å². The van der Waals surface area contributed by atoms with Crippen molar-refractivity contribution in [2.45, 2.75) is 13.0 Å². The second-order valence-corrected chi connectivity index (χ2v) is 6.14. The molecule has 2 aromatic rings. The SMILES string of the molecule is Cc1cccc(NCC(c2ccccc2Cl)N2CCOCC2)n1. The molecule has 23 heavy (non-hydrogen) atoms. The van der Waals surface area contributed by atoms with E-state index in [1.54, 1.807) is 0 Å². The van der Waals surface area contributed by atoms with Crippen LogP contribution in [-0.2, 0) is 4.74 Å². The summed E-state index contributed by atoms with van der Waals surface area (Å²) >= 11 is 6.44. The highest BCUT2D eigenvalue weighted by Crippen LogP contribution is 2.28. The summed E-state index contributed by atoms with van der Waals surface area (Å²) in [5, 5.41) is 4.26. The Balaban J connectivity index is 1.79. The summed E-state index contributed by atoms with van der Waals surface area (Å²) in [4.78, 5) is 6.94. The third-order valence-electron chi connectivity index (χ3n) is 4.12. The molecule has 1 aliphatic heterocycles. The first kappa shape index (κ1) is 16.2. The Morgan fingerprint density at radius 1 is 1.17 bits per heavy atom. The van der Waals surface area contributed by atoms with Gasteiger partial charge in [-0.25, -0.2) is 4.98 Å². The van der Waals surface area contributed by atoms with Gasteiger partial charge in [-0.05, 0) is 30.7 Å². The number of benzene rings is 1. The number of rotatable bonds is 5. The lowest BCUT2D eigenvalue weighted by atomic mass is 10.0. The van der Waals surface area contributed by atoms with E-state index in [9.17, 15) is 0 Å². The number of anilines is 1. The van der Waals surface area contributed by atoms with Crippen molar-refractivity contribution in [1.29, 1.82) is 0 Å². The number of aryl methyl sites for hydroxylation is 1. The van der Waals surface area contributed by atoms with Crippen molar-refractivity contribution in [3.8, 4) is 0 Å². The van der Waals surface area contributed by atoms with Crippen molar-refractivity contribution in [2.75, 3.05) is 38.2 Å². The summed E-state index contributed by atoms with van der Waals surface area (Å²) in [6, 6.07) is 14.3. The van der Waals surface area contributed by atoms with Crippen LogP contribution < -0.4 is 5.32 Å². The zero-order valence-electron chi connectivity index (χ0n) is 13.3. The monoisotopic (exact) mass is 331 g/mol. The normalized spacial score (nSPS) is 17.0. The van der Waals surface area contributed by atoms with Crippen LogP contribution in [0.5, 0.6) is 0 Å². The van der Waals surface area contributed by atoms with E-state index in [1.165, 1.54) is 0 Å². The van der Waals surface area contributed by atoms with Crippen LogP contribution in [0.4, 0.5) is 5.82 Å². The van der Waals surface area contributed by atoms with Crippen LogP contribution >= 0.6 is 11.6 Å². The van der Waals surface area contributed by atoms with Gasteiger partial charge in [-0.15, -0.1) is 0 Å². The fourth-order valence-corrected chi connectivity index (χ4v) is 3.17. The minimum absolute atomic E-state index is 0.204. The van der Waals surface area contributed by atoms with Crippen LogP contribution in [0.15, 0.2) is 42.5 Å². The number of aromatic nitrogens is 1. The molecular weight excluding hydrogens is 310 g/mol. The first-order chi connectivity index (χ1) is 11.2. The Hall–Kier alpha value is -1.62. The molecule has 1 N–H and O–H groups in total. The van der Waals surface area contributed by atoms with Crippen molar-refractivity contribution in [1.82, 2.24) is 9.88 Å². The zero-order chi connectivity index (χ0) is 16.1. The molecule has 0 aliphatic carbocycles. The number of hydrogen-bond acceptors (Lipinski definition) is 4. The first-order valence-corrected chi connectivity index (χ1v) is 8.35. The lowest BCUT2D eigenvalue weighted by Gasteiger charge is -2.35. The van der Waals surface area contributed by atoms with Crippen molar-refractivity contribution in [2.24, 2.45) is 0 Å². The second kappa shape index (κ2) is 7.77. The van der Waals surface area contributed by atoms with Crippen molar-refractivity contribution in [3.63, 3.8) is 0 Å². The number of nitrogens with one attached hydrogen (secondary N) is 1. The van der Waals surface area contributed by atoms with E-state index in [4.69, 9.17) is 16.3 Å². The molecule has 5 heteroatoms. The lowest BCUT2D eigenvalue weighted by Crippen LogP contribution is -2.41. The highest BCUT2D eigenvalue weighted by atomic mass is 35.5. The Kier molecular flexibility index (Phi) is 5.49. The summed E-state index contributed by atoms with van der Waals surface area (Å²) in [5.74, 6) is 0.898. The Bertz CT molecular complexity index is 644. The predicted octanol–water partition coefficient (Wildman–Crippen LogP) is 3.53. The molecule has 0 amide bonds. The number of halogens is 1. The molecule has 2 heterocycles. The van der Waals surface area contributed by atoms with Crippen molar-refractivity contribution in [3.05, 3.63) is 58.7 Å². The quantitative estimate of drug-likeness (QED) is 0.909. The minimum Gasteiger partial charge on any atom is -0.379 e. The summed E-state index contributed by atoms with van der Waals surface area (Å²) in [6.45, 7) is 6.13. The molecule has 4 nitrogen and oxygen atoms in total. The van der Waals surface area contributed by atoms with Gasteiger partial charge in [-0.2, -0.15) is 0 Å². The van der Waals surface area contributed by atoms with E-state index in [1.807, 2.05) is 43.3 Å². The molecule has 0 spiro atoms. The second-order valence-electron chi connectivity index (χ2n) is 5.73. The van der Waals surface area contributed by atoms with Gasteiger partial charge < -0.3 is 10.1 Å². The molecule has 0 bridgehead atoms. The maximum Gasteiger partial charge on any atom is 0.126 e. The number of pyridine rings is 1. The smallest absolute Gasteiger partial charge is 0.126 e. The molecule has 1 aromatic heterocycles. The Morgan fingerprint density at radius 2 is 1.96 bits per heavy atom. The van der Waals surface area contributed by atoms with E-state index in [-0.39, 0.29) is 6.04 Å². The average molecular weight is 332 g/mol. The summed E-state index contributed by atoms with van der Waals surface area (Å²) in [6.07, 6.45) is 0. The standard InChI is InChI=1S/C18H22ClN3O/c1-14-5-4-8-18(21-14)20-13-17(22-9-11-23-12-10-22)15-6-2-3-7-16(15)19/h2-8,17H,9-13H2,1H3,(H,20,21). The van der Waals surface area contributed by atoms with Crippen LogP contribution in [0.2, 0.25) is 5.02 Å². The minimum atomic E-state index is 0.204. The van der Waals surface area contributed by atoms with Gasteiger partial charge in [0.05, 0.1) is 19.3 Å². The van der Waals surface area contributed by atoms with E-state index >= 15 is 0 Å². The molecule has 122 valence electrons. The van der Waals surface area contributed by atoms with Crippen LogP contribution in [-0.4, -0.2) is 42.7 Å². The lowest BCUT2D eigenvalue weighted by molar-refractivity contribution is 0.0187. The van der Waals surface area contributed by atoms with E-state index in [2.05, 4.69) is 21.3 Å². The van der Waals surface area contributed by atoms with E-state index < -0.39 is 0 Å². The third kappa shape index (κ3) is 4.22. The van der Waals surface area contributed by atoms with Crippen LogP contribution in [0.25, 0.3) is 0 Å². The van der Waals surface area contributed by atoms with Gasteiger partial charge in [-0.1, -0.05) is 35.9 Å². The Labute approximate surface area is 142 Å². The number of ether oxygens (including phenoxy) is 1. The van der Waals surface area contributed by atoms with Gasteiger partial charge in [0.1, 0.15) is 5.82 Å². The molecule has 0 radical (unpaired) electrons. The molecule has 1 aromatic carbocycles. The van der Waals surface area contributed by atoms with Crippen LogP contribution in [0, 0.1) is 6.92 Å². The van der Waals surface area contributed by atoms with E-state index in [0.29, 0.717) is 0 Å². The highest BCUT2D eigenvalue weighted by Gasteiger charge is 2.24. The van der Waals surface area contributed by atoms with Gasteiger partial charge in [0.2, 0.25) is 0 Å². The number of morpholine rings is 1. The summed E-state index contributed by atoms with van der Waals surface area (Å²) < 4.78 is 5.49. The number of nitrogens with zero attached hydrogens (tertiary/aromatic N) is 2. The fourth-order valence-electron chi connectivity index (χ4n) is 2.91. The van der Waals surface area contributed by atoms with Crippen LogP contribution in [0.1, 0.15) is 17.3 Å². The third-order valence-corrected chi connectivity index (χ3v) is 4.46. The van der Waals surface area contributed by atoms with Gasteiger partial charge in [-0.3, -0.25) is 4.90 Å². The molecule has 0 saturated carbocycles. The molecule has 1 aliphatic rings. The highest BCUT2D eigenvalue weighted by molar-refractivity contribution is 6.31. The van der Waals surface area contributed by atoms with Gasteiger partial charge in [0, 0.05) is 30.4 Å². The maximum absolute atomic E-state index is 6.44. The largest absolute Gasteiger partial charge is 0.379 e. The van der Waals surface area contributed by atoms with Gasteiger partial charge in [0.15, 0.2) is 0 Å². The average Bonchev–Trinajstić information content (AvgIpc) is 2.58. The summed E-state index contributed by atoms with van der Waals surface area (Å²) in [7, 11) is 0. The molecule has 1 atom stereocenters. The van der Waals surface area contributed by atoms with Crippen molar-refractivity contribution >= 4 is 17.4 Å². The van der Waals surface area contributed by atoms with Crippen molar-refractivity contribution < 1.29 is 4.74 Å². The molecule has 1 unspecified atom stereocenters. The van der Waals surface area contributed by atoms with Gasteiger partial charge in [0.25, 0.3) is 0 Å². The molecule has 1 saturated heterocycles. The zero-order valence-corrected chi connectivity index (χ0v) is 14.1. The Morgan fingerprint density at radius 3 is 2.70 bits per heavy atom. The fraction of sp³-hybridized carbons (Fsp3) is 0.389. The topological polar surface area (TPSA) is 37.4 Å².